The molecule has 3 rings (SSSR count). The molecular weight excluding hydrogens is 160 g/mol. The van der Waals surface area contributed by atoms with E-state index in [2.05, 4.69) is 26.5 Å². The third-order valence-electron chi connectivity index (χ3n) is 4.08. The first-order chi connectivity index (χ1) is 6.07. The molecule has 0 spiro atoms. The lowest BCUT2D eigenvalue weighted by molar-refractivity contribution is -0.0175. The van der Waals surface area contributed by atoms with Crippen LogP contribution in [-0.2, 0) is 0 Å². The maximum Gasteiger partial charge on any atom is 0.0932 e. The largest absolute Gasteiger partial charge is 0.385 e. The predicted octanol–water partition coefficient (Wildman–Crippen LogP) is 2.53. The molecule has 1 N–H and O–H groups in total. The molecule has 1 saturated carbocycles. The average molecular weight is 178 g/mol. The second-order valence-electron chi connectivity index (χ2n) is 4.93. The fourth-order valence-corrected chi connectivity index (χ4v) is 2.87. The summed E-state index contributed by atoms with van der Waals surface area (Å²) in [5.41, 5.74) is 1.62. The minimum absolute atomic E-state index is 0.411. The summed E-state index contributed by atoms with van der Waals surface area (Å²) >= 11 is 0. The molecule has 0 heterocycles. The molecular formula is C12H18O. The van der Waals surface area contributed by atoms with Gasteiger partial charge in [0.1, 0.15) is 0 Å². The number of fused-ring (bicyclic) bond motifs is 1. The quantitative estimate of drug-likeness (QED) is 0.644. The van der Waals surface area contributed by atoms with E-state index in [0.29, 0.717) is 11.3 Å². The van der Waals surface area contributed by atoms with Crippen molar-refractivity contribution in [3.63, 3.8) is 0 Å². The first kappa shape index (κ1) is 9.01. The van der Waals surface area contributed by atoms with E-state index in [1.54, 1.807) is 6.08 Å². The number of hydrogen-bond donors (Lipinski definition) is 1. The van der Waals surface area contributed by atoms with Crippen LogP contribution in [0.1, 0.15) is 26.7 Å². The summed E-state index contributed by atoms with van der Waals surface area (Å²) in [5.74, 6) is 1.44. The van der Waals surface area contributed by atoms with E-state index in [1.807, 2.05) is 0 Å². The van der Waals surface area contributed by atoms with Crippen molar-refractivity contribution in [2.24, 2.45) is 17.3 Å². The zero-order chi connectivity index (χ0) is 9.64. The maximum atomic E-state index is 9.72. The standard InChI is InChI=1S/C12H18O/c1-4-11(13)9-6-5-8-7-10(9)12(8,2)3/h4,6,8,10-11,13H,1,5,7H2,2-3H3. The van der Waals surface area contributed by atoms with Gasteiger partial charge in [0.05, 0.1) is 6.10 Å². The van der Waals surface area contributed by atoms with Gasteiger partial charge in [-0.3, -0.25) is 0 Å². The van der Waals surface area contributed by atoms with E-state index >= 15 is 0 Å². The normalized spacial score (nSPS) is 37.3. The van der Waals surface area contributed by atoms with Crippen LogP contribution in [0.4, 0.5) is 0 Å². The van der Waals surface area contributed by atoms with Crippen molar-refractivity contribution < 1.29 is 5.11 Å². The Balaban J connectivity index is 2.23. The van der Waals surface area contributed by atoms with E-state index in [9.17, 15) is 5.11 Å². The Labute approximate surface area is 80.2 Å². The Morgan fingerprint density at radius 2 is 2.38 bits per heavy atom. The van der Waals surface area contributed by atoms with E-state index in [0.717, 1.165) is 12.3 Å². The Morgan fingerprint density at radius 1 is 1.69 bits per heavy atom. The van der Waals surface area contributed by atoms with Gasteiger partial charge < -0.3 is 5.11 Å². The second-order valence-corrected chi connectivity index (χ2v) is 4.93. The molecule has 0 aromatic rings. The Bertz CT molecular complexity index is 262. The van der Waals surface area contributed by atoms with Crippen LogP contribution in [0.25, 0.3) is 0 Å². The minimum Gasteiger partial charge on any atom is -0.385 e. The number of aliphatic hydroxyl groups is 1. The molecule has 72 valence electrons. The number of allylic oxidation sites excluding steroid dienone is 1. The highest BCUT2D eigenvalue weighted by molar-refractivity contribution is 5.28. The van der Waals surface area contributed by atoms with Gasteiger partial charge in [-0.2, -0.15) is 0 Å². The lowest BCUT2D eigenvalue weighted by Crippen LogP contribution is -2.49. The summed E-state index contributed by atoms with van der Waals surface area (Å²) in [7, 11) is 0. The van der Waals surface area contributed by atoms with Crippen molar-refractivity contribution in [1.29, 1.82) is 0 Å². The van der Waals surface area contributed by atoms with Gasteiger partial charge in [-0.25, -0.2) is 0 Å². The summed E-state index contributed by atoms with van der Waals surface area (Å²) in [4.78, 5) is 0. The van der Waals surface area contributed by atoms with Crippen LogP contribution in [0.5, 0.6) is 0 Å². The van der Waals surface area contributed by atoms with Crippen LogP contribution in [0, 0.1) is 17.3 Å². The van der Waals surface area contributed by atoms with Crippen LogP contribution in [0.2, 0.25) is 0 Å². The SMILES string of the molecule is C=CC(O)C1=CCC2CC1C2(C)C. The molecule has 0 amide bonds. The molecule has 13 heavy (non-hydrogen) atoms. The lowest BCUT2D eigenvalue weighted by Gasteiger charge is -2.57. The molecule has 0 saturated heterocycles. The van der Waals surface area contributed by atoms with Crippen molar-refractivity contribution in [3.05, 3.63) is 24.3 Å². The highest BCUT2D eigenvalue weighted by atomic mass is 16.3. The van der Waals surface area contributed by atoms with E-state index in [-0.39, 0.29) is 0 Å². The van der Waals surface area contributed by atoms with Gasteiger partial charge >= 0.3 is 0 Å². The van der Waals surface area contributed by atoms with Crippen molar-refractivity contribution in [2.75, 3.05) is 0 Å². The molecule has 0 aliphatic heterocycles. The maximum absolute atomic E-state index is 9.72. The molecule has 2 bridgehead atoms. The molecule has 0 aromatic carbocycles. The van der Waals surface area contributed by atoms with Gasteiger partial charge in [-0.05, 0) is 35.7 Å². The molecule has 3 unspecified atom stereocenters. The van der Waals surface area contributed by atoms with Crippen molar-refractivity contribution in [3.8, 4) is 0 Å². The highest BCUT2D eigenvalue weighted by Crippen LogP contribution is 2.59. The van der Waals surface area contributed by atoms with Gasteiger partial charge in [-0.15, -0.1) is 6.58 Å². The van der Waals surface area contributed by atoms with E-state index in [1.165, 1.54) is 12.0 Å². The van der Waals surface area contributed by atoms with Crippen LogP contribution in [-0.4, -0.2) is 11.2 Å². The Morgan fingerprint density at radius 3 is 2.85 bits per heavy atom. The summed E-state index contributed by atoms with van der Waals surface area (Å²) in [5, 5.41) is 9.72. The van der Waals surface area contributed by atoms with Crippen LogP contribution in [0.15, 0.2) is 24.3 Å². The fraction of sp³-hybridized carbons (Fsp3) is 0.667. The van der Waals surface area contributed by atoms with Gasteiger partial charge in [0.25, 0.3) is 0 Å². The van der Waals surface area contributed by atoms with E-state index in [4.69, 9.17) is 0 Å². The summed E-state index contributed by atoms with van der Waals surface area (Å²) in [6.45, 7) is 8.27. The van der Waals surface area contributed by atoms with Crippen molar-refractivity contribution >= 4 is 0 Å². The smallest absolute Gasteiger partial charge is 0.0932 e. The number of aliphatic hydroxyl groups excluding tert-OH is 1. The third kappa shape index (κ3) is 1.10. The lowest BCUT2D eigenvalue weighted by atomic mass is 9.48. The highest BCUT2D eigenvalue weighted by Gasteiger charge is 2.51. The first-order valence-electron chi connectivity index (χ1n) is 5.08. The predicted molar refractivity (Wildman–Crippen MR) is 54.3 cm³/mol. The Kier molecular flexibility index (Phi) is 1.88. The molecule has 1 fully saturated rings. The van der Waals surface area contributed by atoms with Gasteiger partial charge in [0.2, 0.25) is 0 Å². The van der Waals surface area contributed by atoms with Crippen molar-refractivity contribution in [1.82, 2.24) is 0 Å². The van der Waals surface area contributed by atoms with Crippen LogP contribution < -0.4 is 0 Å². The zero-order valence-corrected chi connectivity index (χ0v) is 8.46. The number of hydrogen-bond acceptors (Lipinski definition) is 1. The van der Waals surface area contributed by atoms with Crippen LogP contribution >= 0.6 is 0 Å². The van der Waals surface area contributed by atoms with Crippen molar-refractivity contribution in [2.45, 2.75) is 32.8 Å². The summed E-state index contributed by atoms with van der Waals surface area (Å²) in [6, 6.07) is 0. The molecule has 3 aliphatic carbocycles. The molecule has 1 heteroatoms. The fourth-order valence-electron chi connectivity index (χ4n) is 2.87. The molecule has 1 nitrogen and oxygen atoms in total. The van der Waals surface area contributed by atoms with E-state index < -0.39 is 6.10 Å². The zero-order valence-electron chi connectivity index (χ0n) is 8.46. The molecule has 0 radical (unpaired) electrons. The molecule has 3 atom stereocenters. The summed E-state index contributed by atoms with van der Waals surface area (Å²) in [6.07, 6.45) is 5.86. The third-order valence-corrected chi connectivity index (χ3v) is 4.08. The molecule has 0 aromatic heterocycles. The number of rotatable bonds is 2. The Hall–Kier alpha value is -0.560. The minimum atomic E-state index is -0.412. The van der Waals surface area contributed by atoms with Gasteiger partial charge in [0.15, 0.2) is 0 Å². The summed E-state index contributed by atoms with van der Waals surface area (Å²) < 4.78 is 0. The monoisotopic (exact) mass is 178 g/mol. The topological polar surface area (TPSA) is 20.2 Å². The molecule has 3 aliphatic rings. The average Bonchev–Trinajstić information content (AvgIpc) is 2.16. The van der Waals surface area contributed by atoms with Gasteiger partial charge in [0, 0.05) is 0 Å². The first-order valence-corrected chi connectivity index (χ1v) is 5.08. The van der Waals surface area contributed by atoms with Gasteiger partial charge in [-0.1, -0.05) is 26.0 Å². The second kappa shape index (κ2) is 2.71. The van der Waals surface area contributed by atoms with Crippen LogP contribution in [0.3, 0.4) is 0 Å².